The lowest BCUT2D eigenvalue weighted by Gasteiger charge is -2.03. The van der Waals surface area contributed by atoms with Gasteiger partial charge in [-0.25, -0.2) is 12.8 Å². The minimum atomic E-state index is -3.79. The van der Waals surface area contributed by atoms with Gasteiger partial charge in [0, 0.05) is 6.61 Å². The molecule has 0 unspecified atom stereocenters. The van der Waals surface area contributed by atoms with E-state index in [9.17, 15) is 12.8 Å². The normalized spacial score (nSPS) is 11.5. The molecule has 0 spiro atoms. The SMILES string of the molecule is CCOCc1nnc(NS(=O)(=O)c2ccc(F)cc2)s1. The molecular weight excluding hydrogens is 305 g/mol. The van der Waals surface area contributed by atoms with E-state index in [2.05, 4.69) is 14.9 Å². The largest absolute Gasteiger partial charge is 0.374 e. The standard InChI is InChI=1S/C11H12FN3O3S2/c1-2-18-7-10-13-14-11(19-10)15-20(16,17)9-5-3-8(12)4-6-9/h3-6H,2,7H2,1H3,(H,14,15). The fourth-order valence-corrected chi connectivity index (χ4v) is 3.24. The Morgan fingerprint density at radius 1 is 1.30 bits per heavy atom. The third-order valence-electron chi connectivity index (χ3n) is 2.24. The van der Waals surface area contributed by atoms with Crippen molar-refractivity contribution in [2.24, 2.45) is 0 Å². The Bertz CT molecular complexity index is 670. The predicted molar refractivity (Wildman–Crippen MR) is 72.4 cm³/mol. The summed E-state index contributed by atoms with van der Waals surface area (Å²) in [5, 5.41) is 8.24. The zero-order valence-corrected chi connectivity index (χ0v) is 12.2. The molecule has 0 saturated heterocycles. The Morgan fingerprint density at radius 2 is 2.00 bits per heavy atom. The molecule has 1 aromatic heterocycles. The molecule has 0 amide bonds. The summed E-state index contributed by atoms with van der Waals surface area (Å²) in [6.45, 7) is 2.67. The molecule has 9 heteroatoms. The first-order chi connectivity index (χ1) is 9.51. The molecule has 0 bridgehead atoms. The molecular formula is C11H12FN3O3S2. The summed E-state index contributed by atoms with van der Waals surface area (Å²) in [5.74, 6) is -0.501. The summed E-state index contributed by atoms with van der Waals surface area (Å²) in [6, 6.07) is 4.52. The summed E-state index contributed by atoms with van der Waals surface area (Å²) in [7, 11) is -3.79. The molecule has 108 valence electrons. The number of sulfonamides is 1. The summed E-state index contributed by atoms with van der Waals surface area (Å²) in [4.78, 5) is -0.0412. The Kier molecular flexibility index (Phi) is 4.63. The van der Waals surface area contributed by atoms with Crippen molar-refractivity contribution in [3.05, 3.63) is 35.1 Å². The number of ether oxygens (including phenoxy) is 1. The number of aromatic nitrogens is 2. The second-order valence-corrected chi connectivity index (χ2v) is 6.44. The molecule has 1 heterocycles. The van der Waals surface area contributed by atoms with E-state index in [1.807, 2.05) is 6.92 Å². The van der Waals surface area contributed by atoms with E-state index in [4.69, 9.17) is 4.74 Å². The highest BCUT2D eigenvalue weighted by Crippen LogP contribution is 2.20. The Labute approximate surface area is 119 Å². The number of hydrogen-bond acceptors (Lipinski definition) is 6. The molecule has 0 radical (unpaired) electrons. The maximum atomic E-state index is 12.8. The first-order valence-electron chi connectivity index (χ1n) is 5.70. The van der Waals surface area contributed by atoms with E-state index in [-0.39, 0.29) is 16.6 Å². The van der Waals surface area contributed by atoms with E-state index in [1.54, 1.807) is 0 Å². The topological polar surface area (TPSA) is 81.2 Å². The van der Waals surface area contributed by atoms with Gasteiger partial charge in [0.2, 0.25) is 5.13 Å². The molecule has 0 saturated carbocycles. The van der Waals surface area contributed by atoms with Crippen LogP contribution in [0.1, 0.15) is 11.9 Å². The Balaban J connectivity index is 2.12. The molecule has 1 N–H and O–H groups in total. The molecule has 2 rings (SSSR count). The molecule has 1 aromatic carbocycles. The van der Waals surface area contributed by atoms with E-state index < -0.39 is 15.8 Å². The van der Waals surface area contributed by atoms with E-state index >= 15 is 0 Å². The predicted octanol–water partition coefficient (Wildman–Crippen LogP) is 2.01. The summed E-state index contributed by atoms with van der Waals surface area (Å²) in [6.07, 6.45) is 0. The highest BCUT2D eigenvalue weighted by Gasteiger charge is 2.16. The van der Waals surface area contributed by atoms with Crippen LogP contribution >= 0.6 is 11.3 Å². The van der Waals surface area contributed by atoms with Gasteiger partial charge >= 0.3 is 0 Å². The summed E-state index contributed by atoms with van der Waals surface area (Å²) >= 11 is 1.09. The van der Waals surface area contributed by atoms with Crippen molar-refractivity contribution in [3.63, 3.8) is 0 Å². The van der Waals surface area contributed by atoms with Crippen LogP contribution in [0.2, 0.25) is 0 Å². The van der Waals surface area contributed by atoms with Crippen LogP contribution in [0.15, 0.2) is 29.2 Å². The summed E-state index contributed by atoms with van der Waals surface area (Å²) in [5.41, 5.74) is 0. The molecule has 0 aliphatic rings. The molecule has 20 heavy (non-hydrogen) atoms. The molecule has 0 aliphatic heterocycles. The smallest absolute Gasteiger partial charge is 0.263 e. The monoisotopic (exact) mass is 317 g/mol. The fraction of sp³-hybridized carbons (Fsp3) is 0.273. The average Bonchev–Trinajstić information content (AvgIpc) is 2.83. The second kappa shape index (κ2) is 6.25. The number of nitrogens with one attached hydrogen (secondary N) is 1. The Morgan fingerprint density at radius 3 is 2.65 bits per heavy atom. The van der Waals surface area contributed by atoms with E-state index in [1.165, 1.54) is 12.1 Å². The zero-order chi connectivity index (χ0) is 14.6. The van der Waals surface area contributed by atoms with Crippen LogP contribution in [0, 0.1) is 5.82 Å². The third kappa shape index (κ3) is 3.71. The van der Waals surface area contributed by atoms with Gasteiger partial charge in [0.05, 0.1) is 4.90 Å². The molecule has 0 aliphatic carbocycles. The van der Waals surface area contributed by atoms with Crippen molar-refractivity contribution in [3.8, 4) is 0 Å². The minimum Gasteiger partial charge on any atom is -0.374 e. The van der Waals surface area contributed by atoms with Gasteiger partial charge in [-0.15, -0.1) is 10.2 Å². The van der Waals surface area contributed by atoms with Gasteiger partial charge in [-0.2, -0.15) is 0 Å². The minimum absolute atomic E-state index is 0.0412. The second-order valence-electron chi connectivity index (χ2n) is 3.70. The van der Waals surface area contributed by atoms with Crippen LogP contribution in [0.3, 0.4) is 0 Å². The van der Waals surface area contributed by atoms with Gasteiger partial charge in [-0.3, -0.25) is 4.72 Å². The molecule has 0 atom stereocenters. The van der Waals surface area contributed by atoms with E-state index in [0.29, 0.717) is 11.6 Å². The van der Waals surface area contributed by atoms with Crippen molar-refractivity contribution < 1.29 is 17.5 Å². The van der Waals surface area contributed by atoms with Gasteiger partial charge < -0.3 is 4.74 Å². The number of halogens is 1. The Hall–Kier alpha value is -1.58. The maximum Gasteiger partial charge on any atom is 0.263 e. The molecule has 0 fully saturated rings. The molecule has 6 nitrogen and oxygen atoms in total. The average molecular weight is 317 g/mol. The number of hydrogen-bond donors (Lipinski definition) is 1. The van der Waals surface area contributed by atoms with Crippen LogP contribution in [-0.2, 0) is 21.4 Å². The fourth-order valence-electron chi connectivity index (χ4n) is 1.33. The van der Waals surface area contributed by atoms with Gasteiger partial charge in [0.15, 0.2) is 0 Å². The molecule has 2 aromatic rings. The number of benzene rings is 1. The van der Waals surface area contributed by atoms with Gasteiger partial charge in [-0.05, 0) is 31.2 Å². The first kappa shape index (κ1) is 14.8. The van der Waals surface area contributed by atoms with Crippen molar-refractivity contribution in [2.45, 2.75) is 18.4 Å². The maximum absolute atomic E-state index is 12.8. The third-order valence-corrected chi connectivity index (χ3v) is 4.54. The lowest BCUT2D eigenvalue weighted by atomic mass is 10.4. The van der Waals surface area contributed by atoms with Crippen molar-refractivity contribution in [2.75, 3.05) is 11.3 Å². The summed E-state index contributed by atoms with van der Waals surface area (Å²) < 4.78 is 44.2. The highest BCUT2D eigenvalue weighted by molar-refractivity contribution is 7.93. The van der Waals surface area contributed by atoms with Crippen LogP contribution in [0.25, 0.3) is 0 Å². The van der Waals surface area contributed by atoms with Crippen LogP contribution in [0.5, 0.6) is 0 Å². The van der Waals surface area contributed by atoms with Crippen LogP contribution < -0.4 is 4.72 Å². The number of anilines is 1. The van der Waals surface area contributed by atoms with Crippen LogP contribution in [0.4, 0.5) is 9.52 Å². The number of rotatable bonds is 6. The number of nitrogens with zero attached hydrogens (tertiary/aromatic N) is 2. The van der Waals surface area contributed by atoms with E-state index in [0.717, 1.165) is 23.5 Å². The van der Waals surface area contributed by atoms with Gasteiger partial charge in [0.25, 0.3) is 10.0 Å². The van der Waals surface area contributed by atoms with Crippen molar-refractivity contribution >= 4 is 26.5 Å². The first-order valence-corrected chi connectivity index (χ1v) is 8.00. The van der Waals surface area contributed by atoms with Crippen LogP contribution in [-0.4, -0.2) is 25.2 Å². The van der Waals surface area contributed by atoms with Gasteiger partial charge in [0.1, 0.15) is 17.4 Å². The zero-order valence-electron chi connectivity index (χ0n) is 10.5. The highest BCUT2D eigenvalue weighted by atomic mass is 32.2. The lowest BCUT2D eigenvalue weighted by molar-refractivity contribution is 0.133. The lowest BCUT2D eigenvalue weighted by Crippen LogP contribution is -2.12. The van der Waals surface area contributed by atoms with Crippen molar-refractivity contribution in [1.29, 1.82) is 0 Å². The van der Waals surface area contributed by atoms with Crippen molar-refractivity contribution in [1.82, 2.24) is 10.2 Å². The van der Waals surface area contributed by atoms with Gasteiger partial charge in [-0.1, -0.05) is 11.3 Å². The quantitative estimate of drug-likeness (QED) is 0.881.